The third-order valence-electron chi connectivity index (χ3n) is 4.91. The number of carbonyl (C=O) groups is 1. The van der Waals surface area contributed by atoms with Crippen LogP contribution in [0.2, 0.25) is 0 Å². The molecule has 29 heavy (non-hydrogen) atoms. The second-order valence-corrected chi connectivity index (χ2v) is 7.59. The van der Waals surface area contributed by atoms with Crippen molar-refractivity contribution in [1.82, 2.24) is 15.2 Å². The van der Waals surface area contributed by atoms with Gasteiger partial charge in [-0.3, -0.25) is 14.7 Å². The van der Waals surface area contributed by atoms with E-state index in [1.807, 2.05) is 56.4 Å². The number of hydrogen-bond donors (Lipinski definition) is 1. The zero-order valence-electron chi connectivity index (χ0n) is 17.3. The number of para-hydroxylation sites is 1. The summed E-state index contributed by atoms with van der Waals surface area (Å²) in [7, 11) is 0. The van der Waals surface area contributed by atoms with Crippen LogP contribution < -0.4 is 10.1 Å². The number of carbonyl (C=O) groups excluding carboxylic acids is 1. The summed E-state index contributed by atoms with van der Waals surface area (Å²) in [5.41, 5.74) is 1.67. The van der Waals surface area contributed by atoms with Crippen molar-refractivity contribution >= 4 is 5.91 Å². The Kier molecular flexibility index (Phi) is 8.02. The van der Waals surface area contributed by atoms with E-state index >= 15 is 0 Å². The zero-order valence-corrected chi connectivity index (χ0v) is 17.3. The summed E-state index contributed by atoms with van der Waals surface area (Å²) >= 11 is 0. The van der Waals surface area contributed by atoms with Crippen LogP contribution >= 0.6 is 0 Å². The highest BCUT2D eigenvalue weighted by Gasteiger charge is 2.22. The number of benzene rings is 1. The molecule has 1 aromatic heterocycles. The van der Waals surface area contributed by atoms with Gasteiger partial charge in [0, 0.05) is 32.4 Å². The number of pyridine rings is 1. The Morgan fingerprint density at radius 3 is 2.66 bits per heavy atom. The van der Waals surface area contributed by atoms with E-state index in [2.05, 4.69) is 21.3 Å². The molecule has 0 atom stereocenters. The van der Waals surface area contributed by atoms with Crippen molar-refractivity contribution in [2.45, 2.75) is 45.4 Å². The number of piperidine rings is 1. The highest BCUT2D eigenvalue weighted by molar-refractivity contribution is 5.96. The average molecular weight is 398 g/mol. The lowest BCUT2D eigenvalue weighted by Crippen LogP contribution is -2.38. The number of hydrogen-bond acceptors (Lipinski definition) is 5. The van der Waals surface area contributed by atoms with Gasteiger partial charge in [0.25, 0.3) is 5.91 Å². The molecular weight excluding hydrogens is 366 g/mol. The molecular formula is C23H31N3O3. The minimum Gasteiger partial charge on any atom is -0.489 e. The molecule has 1 aromatic carbocycles. The van der Waals surface area contributed by atoms with Gasteiger partial charge in [0.05, 0.1) is 24.0 Å². The molecule has 6 heteroatoms. The zero-order chi connectivity index (χ0) is 20.5. The molecule has 1 N–H and O–H groups in total. The monoisotopic (exact) mass is 397 g/mol. The Bertz CT molecular complexity index is 759. The molecule has 1 amide bonds. The van der Waals surface area contributed by atoms with E-state index in [0.29, 0.717) is 24.5 Å². The van der Waals surface area contributed by atoms with Crippen molar-refractivity contribution in [3.05, 3.63) is 59.9 Å². The van der Waals surface area contributed by atoms with Gasteiger partial charge in [-0.05, 0) is 51.0 Å². The largest absolute Gasteiger partial charge is 0.489 e. The van der Waals surface area contributed by atoms with E-state index in [1.54, 1.807) is 0 Å². The third kappa shape index (κ3) is 6.84. The maximum absolute atomic E-state index is 12.5. The molecule has 0 bridgehead atoms. The standard InChI is InChI=1S/C23H31N3O3/c1-18(2)28-16-13-25-23(27)21-8-3-4-9-22(21)29-20-10-14-26(15-11-20)17-19-7-5-6-12-24-19/h3-9,12,18,20H,10-11,13-17H2,1-2H3,(H,25,27). The van der Waals surface area contributed by atoms with Crippen LogP contribution in [-0.2, 0) is 11.3 Å². The van der Waals surface area contributed by atoms with Gasteiger partial charge in [-0.1, -0.05) is 18.2 Å². The molecule has 156 valence electrons. The van der Waals surface area contributed by atoms with E-state index in [0.717, 1.165) is 38.2 Å². The third-order valence-corrected chi connectivity index (χ3v) is 4.91. The molecule has 1 saturated heterocycles. The van der Waals surface area contributed by atoms with E-state index in [4.69, 9.17) is 9.47 Å². The lowest BCUT2D eigenvalue weighted by molar-refractivity contribution is 0.0738. The summed E-state index contributed by atoms with van der Waals surface area (Å²) in [6, 6.07) is 13.5. The van der Waals surface area contributed by atoms with Gasteiger partial charge < -0.3 is 14.8 Å². The number of amides is 1. The van der Waals surface area contributed by atoms with Crippen molar-refractivity contribution in [1.29, 1.82) is 0 Å². The smallest absolute Gasteiger partial charge is 0.255 e. The summed E-state index contributed by atoms with van der Waals surface area (Å²) in [4.78, 5) is 19.3. The van der Waals surface area contributed by atoms with Crippen LogP contribution in [0.3, 0.4) is 0 Å². The second kappa shape index (κ2) is 10.9. The van der Waals surface area contributed by atoms with Crippen LogP contribution in [0, 0.1) is 0 Å². The number of aromatic nitrogens is 1. The number of nitrogens with zero attached hydrogens (tertiary/aromatic N) is 2. The summed E-state index contributed by atoms with van der Waals surface area (Å²) in [5.74, 6) is 0.526. The van der Waals surface area contributed by atoms with E-state index in [1.165, 1.54) is 0 Å². The Hall–Kier alpha value is -2.44. The van der Waals surface area contributed by atoms with Crippen LogP contribution in [-0.4, -0.2) is 54.2 Å². The minimum absolute atomic E-state index is 0.119. The summed E-state index contributed by atoms with van der Waals surface area (Å²) in [6.07, 6.45) is 3.98. The molecule has 1 aliphatic heterocycles. The molecule has 1 fully saturated rings. The van der Waals surface area contributed by atoms with Gasteiger partial charge >= 0.3 is 0 Å². The van der Waals surface area contributed by atoms with Crippen molar-refractivity contribution in [2.24, 2.45) is 0 Å². The number of ether oxygens (including phenoxy) is 2. The summed E-state index contributed by atoms with van der Waals surface area (Å²) in [6.45, 7) is 7.73. The van der Waals surface area contributed by atoms with Crippen LogP contribution in [0.15, 0.2) is 48.7 Å². The van der Waals surface area contributed by atoms with Gasteiger partial charge in [-0.25, -0.2) is 0 Å². The molecule has 6 nitrogen and oxygen atoms in total. The fourth-order valence-electron chi connectivity index (χ4n) is 3.40. The van der Waals surface area contributed by atoms with Crippen molar-refractivity contribution in [3.63, 3.8) is 0 Å². The van der Waals surface area contributed by atoms with Gasteiger partial charge in [0.1, 0.15) is 11.9 Å². The first-order valence-corrected chi connectivity index (χ1v) is 10.4. The van der Waals surface area contributed by atoms with Gasteiger partial charge in [0.2, 0.25) is 0 Å². The molecule has 0 aliphatic carbocycles. The first-order valence-electron chi connectivity index (χ1n) is 10.4. The number of likely N-dealkylation sites (tertiary alicyclic amines) is 1. The maximum atomic E-state index is 12.5. The lowest BCUT2D eigenvalue weighted by atomic mass is 10.1. The van der Waals surface area contributed by atoms with Crippen LogP contribution in [0.1, 0.15) is 42.7 Å². The highest BCUT2D eigenvalue weighted by atomic mass is 16.5. The molecule has 0 spiro atoms. The molecule has 3 rings (SSSR count). The van der Waals surface area contributed by atoms with Gasteiger partial charge in [0.15, 0.2) is 0 Å². The Labute approximate surface area is 173 Å². The van der Waals surface area contributed by atoms with E-state index in [-0.39, 0.29) is 18.1 Å². The van der Waals surface area contributed by atoms with E-state index in [9.17, 15) is 4.79 Å². The normalized spacial score (nSPS) is 15.4. The predicted octanol–water partition coefficient (Wildman–Crippen LogP) is 3.28. The first-order chi connectivity index (χ1) is 14.1. The summed E-state index contributed by atoms with van der Waals surface area (Å²) in [5, 5.41) is 2.91. The quantitative estimate of drug-likeness (QED) is 0.658. The fraction of sp³-hybridized carbons (Fsp3) is 0.478. The Balaban J connectivity index is 1.49. The SMILES string of the molecule is CC(C)OCCNC(=O)c1ccccc1OC1CCN(Cc2ccccn2)CC1. The Morgan fingerprint density at radius 2 is 1.93 bits per heavy atom. The summed E-state index contributed by atoms with van der Waals surface area (Å²) < 4.78 is 11.7. The number of rotatable bonds is 9. The molecule has 0 radical (unpaired) electrons. The van der Waals surface area contributed by atoms with Gasteiger partial charge in [-0.2, -0.15) is 0 Å². The molecule has 0 unspecified atom stereocenters. The Morgan fingerprint density at radius 1 is 1.17 bits per heavy atom. The first kappa shape index (κ1) is 21.3. The molecule has 2 heterocycles. The van der Waals surface area contributed by atoms with Crippen molar-refractivity contribution < 1.29 is 14.3 Å². The van der Waals surface area contributed by atoms with Crippen LogP contribution in [0.5, 0.6) is 5.75 Å². The topological polar surface area (TPSA) is 63.7 Å². The number of nitrogens with one attached hydrogen (secondary N) is 1. The minimum atomic E-state index is -0.124. The van der Waals surface area contributed by atoms with Crippen LogP contribution in [0.4, 0.5) is 0 Å². The molecule has 2 aromatic rings. The van der Waals surface area contributed by atoms with Crippen LogP contribution in [0.25, 0.3) is 0 Å². The fourth-order valence-corrected chi connectivity index (χ4v) is 3.40. The lowest BCUT2D eigenvalue weighted by Gasteiger charge is -2.32. The second-order valence-electron chi connectivity index (χ2n) is 7.59. The average Bonchev–Trinajstić information content (AvgIpc) is 2.73. The van der Waals surface area contributed by atoms with Gasteiger partial charge in [-0.15, -0.1) is 0 Å². The predicted molar refractivity (Wildman–Crippen MR) is 113 cm³/mol. The van der Waals surface area contributed by atoms with Crippen molar-refractivity contribution in [2.75, 3.05) is 26.2 Å². The highest BCUT2D eigenvalue weighted by Crippen LogP contribution is 2.23. The molecule has 0 saturated carbocycles. The van der Waals surface area contributed by atoms with E-state index < -0.39 is 0 Å². The maximum Gasteiger partial charge on any atom is 0.255 e. The molecule has 1 aliphatic rings. The van der Waals surface area contributed by atoms with Crippen molar-refractivity contribution in [3.8, 4) is 5.75 Å².